The van der Waals surface area contributed by atoms with E-state index in [4.69, 9.17) is 0 Å². The summed E-state index contributed by atoms with van der Waals surface area (Å²) in [4.78, 5) is 23.0. The maximum atomic E-state index is 15.0. The second-order valence-corrected chi connectivity index (χ2v) is 28.5. The van der Waals surface area contributed by atoms with Crippen LogP contribution in [-0.2, 0) is 9.53 Å². The summed E-state index contributed by atoms with van der Waals surface area (Å²) in [5.41, 5.74) is 0.828. The van der Waals surface area contributed by atoms with E-state index in [0.29, 0.717) is 28.8 Å². The predicted molar refractivity (Wildman–Crippen MR) is 230 cm³/mol. The van der Waals surface area contributed by atoms with Gasteiger partial charge < -0.3 is 4.74 Å². The monoisotopic (exact) mass is 1050 g/mol. The molecule has 0 aliphatic rings. The first-order chi connectivity index (χ1) is 28.8. The molecule has 0 atom stereocenters. The van der Waals surface area contributed by atoms with Gasteiger partial charge in [0.15, 0.2) is 11.6 Å². The molecule has 6 aromatic rings. The Balaban J connectivity index is 0.000000207. The Hall–Kier alpha value is -4.67. The molecule has 3 aromatic carbocycles. The summed E-state index contributed by atoms with van der Waals surface area (Å²) >= 11 is -0.546. The van der Waals surface area contributed by atoms with E-state index in [1.807, 2.05) is 34.7 Å². The summed E-state index contributed by atoms with van der Waals surface area (Å²) in [6.07, 6.45) is 7.50. The van der Waals surface area contributed by atoms with Gasteiger partial charge in [0.1, 0.15) is 23.0 Å². The van der Waals surface area contributed by atoms with E-state index in [9.17, 15) is 18.4 Å². The number of benzene rings is 3. The number of carbonyl (C=O) groups excluding carboxylic acids is 2. The van der Waals surface area contributed by atoms with Crippen molar-refractivity contribution in [2.24, 2.45) is 0 Å². The fraction of sp³-hybridized carbons (Fsp3) is 0.425. The van der Waals surface area contributed by atoms with Crippen LogP contribution in [0.3, 0.4) is 0 Å². The largest absolute Gasteiger partial charge is 0.460 e. The number of Topliss-reactive ketones (excluding diaryl/α,β-unsaturated/α-hetero) is 1. The standard InChI is InChI=1S/C12H11FN4O3.C8H6FIN4.C8H6FN4.3C4H9.Sn/c1-3-20-12(19)11(18)8-4-5-10(9(13)6-8)17-7(2)14-15-16-17;1-5-11-12-13-14(5)8-3-2-6(10)4-7(8)9;1-6-10-11-12-13(6)8-5-3-2-4-7(8)9;3*1-3-4-2;/h4-6H,3H2,1-2H3;2-4H,1H3;3-5H,1H3;3*1,3-4H2,2H3;. The molecule has 0 bridgehead atoms. The van der Waals surface area contributed by atoms with Gasteiger partial charge in [0.2, 0.25) is 0 Å². The molecule has 320 valence electrons. The zero-order chi connectivity index (χ0) is 43.8. The number of hydrogen-bond acceptors (Lipinski definition) is 12. The van der Waals surface area contributed by atoms with Gasteiger partial charge in [-0.15, -0.1) is 10.2 Å². The molecule has 6 rings (SSSR count). The Kier molecular flexibility index (Phi) is 18.7. The van der Waals surface area contributed by atoms with Crippen LogP contribution in [0.4, 0.5) is 13.2 Å². The molecule has 3 aromatic heterocycles. The van der Waals surface area contributed by atoms with Gasteiger partial charge in [-0.1, -0.05) is 0 Å². The van der Waals surface area contributed by atoms with Crippen LogP contribution in [0.1, 0.15) is 94.1 Å². The Morgan fingerprint density at radius 3 is 1.40 bits per heavy atom. The topological polar surface area (TPSA) is 174 Å². The first-order valence-corrected chi connectivity index (χ1v) is 28.4. The second kappa shape index (κ2) is 23.4. The molecule has 0 aliphatic carbocycles. The molecule has 20 heteroatoms. The van der Waals surface area contributed by atoms with Crippen molar-refractivity contribution in [2.45, 2.75) is 100 Å². The average molecular weight is 1050 g/mol. The summed E-state index contributed by atoms with van der Waals surface area (Å²) in [5, 5.41) is 32.9. The van der Waals surface area contributed by atoms with Crippen LogP contribution in [0.2, 0.25) is 13.3 Å². The molecule has 0 spiro atoms. The van der Waals surface area contributed by atoms with Crippen LogP contribution >= 0.6 is 22.6 Å². The molecule has 3 heterocycles. The fourth-order valence-electron chi connectivity index (χ4n) is 6.51. The molecular formula is C40H50F3IN12O3Sn. The van der Waals surface area contributed by atoms with Crippen molar-refractivity contribution >= 4 is 56.3 Å². The van der Waals surface area contributed by atoms with Gasteiger partial charge in [-0.3, -0.25) is 4.79 Å². The summed E-state index contributed by atoms with van der Waals surface area (Å²) in [5.74, 6) is -1.58. The number of tetrazole rings is 3. The molecule has 0 N–H and O–H groups in total. The second-order valence-electron chi connectivity index (χ2n) is 14.0. The van der Waals surface area contributed by atoms with Gasteiger partial charge in [-0.2, -0.15) is 9.36 Å². The molecular weight excluding hydrogens is 999 g/mol. The van der Waals surface area contributed by atoms with Crippen molar-refractivity contribution in [3.8, 4) is 17.1 Å². The molecule has 0 amide bonds. The Morgan fingerprint density at radius 2 is 1.03 bits per heavy atom. The van der Waals surface area contributed by atoms with Gasteiger partial charge in [0, 0.05) is 9.13 Å². The van der Waals surface area contributed by atoms with Crippen molar-refractivity contribution in [1.82, 2.24) is 60.6 Å². The van der Waals surface area contributed by atoms with E-state index in [0.717, 1.165) is 9.64 Å². The first-order valence-electron chi connectivity index (χ1n) is 19.8. The first kappa shape index (κ1) is 48.0. The normalized spacial score (nSPS) is 11.1. The molecule has 0 fully saturated rings. The quantitative estimate of drug-likeness (QED) is 0.0304. The van der Waals surface area contributed by atoms with E-state index in [-0.39, 0.29) is 29.5 Å². The van der Waals surface area contributed by atoms with Crippen LogP contribution in [0.5, 0.6) is 0 Å². The van der Waals surface area contributed by atoms with Gasteiger partial charge in [-0.25, -0.2) is 13.6 Å². The van der Waals surface area contributed by atoms with Gasteiger partial charge in [0.05, 0.1) is 6.61 Å². The molecule has 60 heavy (non-hydrogen) atoms. The summed E-state index contributed by atoms with van der Waals surface area (Å²) < 4.78 is 57.3. The SMILES string of the molecule is CCC[CH2][Sn]([CH2]CCC)([CH2]CCC)[c]1ccc(-n2nnnc2C)c(F)c1.CCOC(=O)C(=O)c1ccc(-n2nnnc2C)c(F)c1.Cc1nnnn1-c1ccc(I)cc1F. The zero-order valence-corrected chi connectivity index (χ0v) is 39.9. The summed E-state index contributed by atoms with van der Waals surface area (Å²) in [6.45, 7) is 13.6. The molecule has 15 nitrogen and oxygen atoms in total. The number of aryl methyl sites for hydroxylation is 3. The molecule has 0 saturated carbocycles. The van der Waals surface area contributed by atoms with Crippen LogP contribution in [0.25, 0.3) is 17.1 Å². The van der Waals surface area contributed by atoms with Crippen LogP contribution in [-0.4, -0.2) is 97.4 Å². The smallest absolute Gasteiger partial charge is 0.379 e. The minimum atomic E-state index is -2.59. The number of ketones is 1. The summed E-state index contributed by atoms with van der Waals surface area (Å²) in [7, 11) is 0. The minimum Gasteiger partial charge on any atom is -0.460 e. The van der Waals surface area contributed by atoms with E-state index < -0.39 is 35.9 Å². The average Bonchev–Trinajstić information content (AvgIpc) is 3.99. The number of nitrogens with zero attached hydrogens (tertiary/aromatic N) is 12. The number of hydrogen-bond donors (Lipinski definition) is 0. The Bertz CT molecular complexity index is 2320. The van der Waals surface area contributed by atoms with Crippen molar-refractivity contribution in [1.29, 1.82) is 0 Å². The maximum absolute atomic E-state index is 15.0. The molecule has 0 unspecified atom stereocenters. The molecule has 0 aliphatic heterocycles. The van der Waals surface area contributed by atoms with Gasteiger partial charge in [0.25, 0.3) is 5.78 Å². The Morgan fingerprint density at radius 1 is 0.617 bits per heavy atom. The van der Waals surface area contributed by atoms with Crippen molar-refractivity contribution in [3.63, 3.8) is 0 Å². The van der Waals surface area contributed by atoms with E-state index >= 15 is 4.39 Å². The number of ether oxygens (including phenoxy) is 1. The van der Waals surface area contributed by atoms with Crippen LogP contribution in [0, 0.1) is 41.8 Å². The number of aromatic nitrogens is 12. The Labute approximate surface area is 364 Å². The summed E-state index contributed by atoms with van der Waals surface area (Å²) in [6, 6.07) is 14.4. The number of carbonyl (C=O) groups is 2. The molecule has 0 saturated heterocycles. The van der Waals surface area contributed by atoms with Crippen molar-refractivity contribution < 1.29 is 27.5 Å². The van der Waals surface area contributed by atoms with E-state index in [2.05, 4.69) is 78.2 Å². The number of unbranched alkanes of at least 4 members (excludes halogenated alkanes) is 3. The third-order valence-corrected chi connectivity index (χ3v) is 26.0. The minimum absolute atomic E-state index is 0.0783. The zero-order valence-electron chi connectivity index (χ0n) is 34.9. The van der Waals surface area contributed by atoms with Crippen LogP contribution < -0.4 is 3.58 Å². The third-order valence-electron chi connectivity index (χ3n) is 9.73. The maximum Gasteiger partial charge on any atom is 0.379 e. The fourth-order valence-corrected chi connectivity index (χ4v) is 22.9. The van der Waals surface area contributed by atoms with Crippen molar-refractivity contribution in [3.05, 3.63) is 98.7 Å². The third kappa shape index (κ3) is 12.4. The van der Waals surface area contributed by atoms with Crippen molar-refractivity contribution in [2.75, 3.05) is 6.61 Å². The van der Waals surface area contributed by atoms with E-state index in [1.54, 1.807) is 39.8 Å². The number of halogens is 4. The van der Waals surface area contributed by atoms with Gasteiger partial charge >= 0.3 is 168 Å². The van der Waals surface area contributed by atoms with E-state index in [1.165, 1.54) is 87.7 Å². The number of rotatable bonds is 16. The predicted octanol–water partition coefficient (Wildman–Crippen LogP) is 7.74. The number of esters is 1. The van der Waals surface area contributed by atoms with Gasteiger partial charge in [-0.05, 0) is 101 Å². The molecule has 0 radical (unpaired) electrons. The van der Waals surface area contributed by atoms with Crippen LogP contribution in [0.15, 0.2) is 54.6 Å².